The summed E-state index contributed by atoms with van der Waals surface area (Å²) in [5.74, 6) is 0.118. The van der Waals surface area contributed by atoms with Gasteiger partial charge in [0.15, 0.2) is 0 Å². The Kier molecular flexibility index (Phi) is 5.23. The molecule has 1 aromatic carbocycles. The molecule has 2 atom stereocenters. The second kappa shape index (κ2) is 6.44. The molecule has 0 spiro atoms. The Morgan fingerprint density at radius 3 is 2.71 bits per heavy atom. The summed E-state index contributed by atoms with van der Waals surface area (Å²) in [5.41, 5.74) is 0.104. The summed E-state index contributed by atoms with van der Waals surface area (Å²) >= 11 is 9.18. The Labute approximate surface area is 141 Å². The van der Waals surface area contributed by atoms with Crippen LogP contribution in [0.3, 0.4) is 0 Å². The minimum absolute atomic E-state index is 0.104. The van der Waals surface area contributed by atoms with Crippen LogP contribution in [0.5, 0.6) is 0 Å². The highest BCUT2D eigenvalue weighted by molar-refractivity contribution is 9.10. The van der Waals surface area contributed by atoms with E-state index in [1.165, 1.54) is 12.1 Å². The normalized spacial score (nSPS) is 21.1. The number of carbonyl (C=O) groups is 1. The number of nitrogens with one attached hydrogen (secondary N) is 1. The van der Waals surface area contributed by atoms with Crippen molar-refractivity contribution >= 4 is 53.2 Å². The Morgan fingerprint density at radius 1 is 1.48 bits per heavy atom. The first-order valence-electron chi connectivity index (χ1n) is 6.48. The van der Waals surface area contributed by atoms with Crippen molar-refractivity contribution < 1.29 is 13.2 Å². The van der Waals surface area contributed by atoms with Crippen molar-refractivity contribution in [3.8, 4) is 0 Å². The molecule has 116 valence electrons. The zero-order valence-corrected chi connectivity index (χ0v) is 15.1. The predicted molar refractivity (Wildman–Crippen MR) is 86.5 cm³/mol. The SMILES string of the molecule is CCCC1CC1NC(=O)c1cc(Br)cc(S(=O)(=O)Cl)c1Cl. The maximum Gasteiger partial charge on any atom is 0.262 e. The van der Waals surface area contributed by atoms with E-state index in [2.05, 4.69) is 28.2 Å². The number of hydrogen-bond donors (Lipinski definition) is 1. The second-order valence-electron chi connectivity index (χ2n) is 5.07. The Hall–Kier alpha value is -0.300. The van der Waals surface area contributed by atoms with Crippen LogP contribution < -0.4 is 5.32 Å². The fraction of sp³-hybridized carbons (Fsp3) is 0.462. The van der Waals surface area contributed by atoms with E-state index in [9.17, 15) is 13.2 Å². The summed E-state index contributed by atoms with van der Waals surface area (Å²) in [6, 6.07) is 2.90. The van der Waals surface area contributed by atoms with E-state index in [4.69, 9.17) is 22.3 Å². The summed E-state index contributed by atoms with van der Waals surface area (Å²) < 4.78 is 23.4. The largest absolute Gasteiger partial charge is 0.349 e. The minimum atomic E-state index is -4.01. The standard InChI is InChI=1S/C13H14BrCl2NO3S/c1-2-3-7-4-10(7)17-13(18)9-5-8(14)6-11(12(9)15)21(16,19)20/h5-7,10H,2-4H2,1H3,(H,17,18). The Morgan fingerprint density at radius 2 is 2.14 bits per heavy atom. The molecule has 1 N–H and O–H groups in total. The molecule has 1 fully saturated rings. The highest BCUT2D eigenvalue weighted by Gasteiger charge is 2.37. The number of amides is 1. The lowest BCUT2D eigenvalue weighted by Crippen LogP contribution is -2.27. The average molecular weight is 415 g/mol. The second-order valence-corrected chi connectivity index (χ2v) is 8.90. The molecule has 4 nitrogen and oxygen atoms in total. The first-order chi connectivity index (χ1) is 9.74. The third kappa shape index (κ3) is 4.12. The van der Waals surface area contributed by atoms with Crippen LogP contribution in [-0.4, -0.2) is 20.4 Å². The van der Waals surface area contributed by atoms with Crippen LogP contribution in [0, 0.1) is 5.92 Å². The molecule has 1 amide bonds. The van der Waals surface area contributed by atoms with Gasteiger partial charge in [-0.3, -0.25) is 4.79 Å². The zero-order valence-electron chi connectivity index (χ0n) is 11.2. The van der Waals surface area contributed by atoms with Gasteiger partial charge in [-0.05, 0) is 30.9 Å². The smallest absolute Gasteiger partial charge is 0.262 e. The molecule has 2 unspecified atom stereocenters. The zero-order chi connectivity index (χ0) is 15.8. The summed E-state index contributed by atoms with van der Waals surface area (Å²) in [7, 11) is 1.32. The minimum Gasteiger partial charge on any atom is -0.349 e. The molecule has 0 aliphatic heterocycles. The predicted octanol–water partition coefficient (Wildman–Crippen LogP) is 3.95. The summed E-state index contributed by atoms with van der Waals surface area (Å²) in [6.07, 6.45) is 3.09. The van der Waals surface area contributed by atoms with Crippen molar-refractivity contribution in [1.82, 2.24) is 5.32 Å². The van der Waals surface area contributed by atoms with E-state index in [0.29, 0.717) is 10.4 Å². The average Bonchev–Trinajstić information content (AvgIpc) is 3.08. The van der Waals surface area contributed by atoms with Gasteiger partial charge in [-0.1, -0.05) is 40.9 Å². The molecule has 0 heterocycles. The first kappa shape index (κ1) is 17.1. The van der Waals surface area contributed by atoms with Crippen molar-refractivity contribution in [2.24, 2.45) is 5.92 Å². The Balaban J connectivity index is 2.24. The number of halogens is 3. The lowest BCUT2D eigenvalue weighted by Gasteiger charge is -2.09. The number of benzene rings is 1. The first-order valence-corrected chi connectivity index (χ1v) is 9.96. The van der Waals surface area contributed by atoms with Crippen LogP contribution in [0.25, 0.3) is 0 Å². The van der Waals surface area contributed by atoms with Crippen molar-refractivity contribution in [3.05, 3.63) is 27.2 Å². The van der Waals surface area contributed by atoms with Crippen LogP contribution in [0.15, 0.2) is 21.5 Å². The number of rotatable bonds is 5. The van der Waals surface area contributed by atoms with Gasteiger partial charge in [-0.15, -0.1) is 0 Å². The molecule has 21 heavy (non-hydrogen) atoms. The van der Waals surface area contributed by atoms with E-state index in [1.807, 2.05) is 0 Å². The summed E-state index contributed by atoms with van der Waals surface area (Å²) in [5, 5.41) is 2.72. The van der Waals surface area contributed by atoms with Crippen LogP contribution >= 0.6 is 38.2 Å². The summed E-state index contributed by atoms with van der Waals surface area (Å²) in [6.45, 7) is 2.10. The van der Waals surface area contributed by atoms with Crippen molar-refractivity contribution in [2.45, 2.75) is 37.1 Å². The molecular formula is C13H14BrCl2NO3S. The summed E-state index contributed by atoms with van der Waals surface area (Å²) in [4.78, 5) is 12.0. The highest BCUT2D eigenvalue weighted by Crippen LogP contribution is 2.36. The van der Waals surface area contributed by atoms with Gasteiger partial charge in [0.25, 0.3) is 15.0 Å². The fourth-order valence-electron chi connectivity index (χ4n) is 2.27. The number of carbonyl (C=O) groups excluding carboxylic acids is 1. The Bertz CT molecular complexity index is 678. The van der Waals surface area contributed by atoms with E-state index in [0.717, 1.165) is 19.3 Å². The maximum atomic E-state index is 12.2. The number of hydrogen-bond acceptors (Lipinski definition) is 3. The van der Waals surface area contributed by atoms with Gasteiger partial charge >= 0.3 is 0 Å². The molecule has 2 rings (SSSR count). The molecule has 1 aromatic rings. The quantitative estimate of drug-likeness (QED) is 0.742. The van der Waals surface area contributed by atoms with E-state index in [-0.39, 0.29) is 27.4 Å². The molecule has 1 saturated carbocycles. The third-order valence-electron chi connectivity index (χ3n) is 3.41. The topological polar surface area (TPSA) is 63.2 Å². The van der Waals surface area contributed by atoms with Crippen LogP contribution in [0.4, 0.5) is 0 Å². The molecule has 0 radical (unpaired) electrons. The molecule has 0 saturated heterocycles. The van der Waals surface area contributed by atoms with Crippen molar-refractivity contribution in [1.29, 1.82) is 0 Å². The lowest BCUT2D eigenvalue weighted by molar-refractivity contribution is 0.0948. The molecule has 0 aromatic heterocycles. The van der Waals surface area contributed by atoms with Crippen LogP contribution in [0.1, 0.15) is 36.5 Å². The highest BCUT2D eigenvalue weighted by atomic mass is 79.9. The van der Waals surface area contributed by atoms with Crippen molar-refractivity contribution in [3.63, 3.8) is 0 Å². The van der Waals surface area contributed by atoms with E-state index in [1.54, 1.807) is 0 Å². The van der Waals surface area contributed by atoms with Gasteiger partial charge in [0, 0.05) is 21.2 Å². The van der Waals surface area contributed by atoms with Gasteiger partial charge in [-0.25, -0.2) is 8.42 Å². The van der Waals surface area contributed by atoms with Crippen molar-refractivity contribution in [2.75, 3.05) is 0 Å². The van der Waals surface area contributed by atoms with Crippen LogP contribution in [-0.2, 0) is 9.05 Å². The van der Waals surface area contributed by atoms with Gasteiger partial charge in [-0.2, -0.15) is 0 Å². The van der Waals surface area contributed by atoms with E-state index < -0.39 is 9.05 Å². The maximum absolute atomic E-state index is 12.2. The van der Waals surface area contributed by atoms with Gasteiger partial charge in [0.1, 0.15) is 4.90 Å². The van der Waals surface area contributed by atoms with Gasteiger partial charge < -0.3 is 5.32 Å². The van der Waals surface area contributed by atoms with Gasteiger partial charge in [0.2, 0.25) is 0 Å². The third-order valence-corrected chi connectivity index (χ3v) is 5.73. The van der Waals surface area contributed by atoms with E-state index >= 15 is 0 Å². The van der Waals surface area contributed by atoms with Crippen LogP contribution in [0.2, 0.25) is 5.02 Å². The lowest BCUT2D eigenvalue weighted by atomic mass is 10.2. The molecule has 8 heteroatoms. The molecule has 0 bridgehead atoms. The molecular weight excluding hydrogens is 401 g/mol. The monoisotopic (exact) mass is 413 g/mol. The fourth-order valence-corrected chi connectivity index (χ4v) is 4.45. The van der Waals surface area contributed by atoms with Gasteiger partial charge in [0.05, 0.1) is 10.6 Å². The molecule has 1 aliphatic carbocycles. The molecule has 1 aliphatic rings.